The molecule has 1 atom stereocenters. The molecule has 0 saturated carbocycles. The van der Waals surface area contributed by atoms with E-state index in [1.165, 1.54) is 11.1 Å². The maximum absolute atomic E-state index is 13.0. The topological polar surface area (TPSA) is 40.6 Å². The van der Waals surface area contributed by atoms with E-state index in [-0.39, 0.29) is 17.7 Å². The fourth-order valence-corrected chi connectivity index (χ4v) is 3.91. The Morgan fingerprint density at radius 3 is 2.56 bits per heavy atom. The third-order valence-corrected chi connectivity index (χ3v) is 5.32. The quantitative estimate of drug-likeness (QED) is 0.847. The smallest absolute Gasteiger partial charge is 0.228 e. The number of rotatable bonds is 2. The van der Waals surface area contributed by atoms with E-state index < -0.39 is 0 Å². The van der Waals surface area contributed by atoms with Crippen LogP contribution >= 0.6 is 0 Å². The van der Waals surface area contributed by atoms with Gasteiger partial charge in [0.1, 0.15) is 0 Å². The average molecular weight is 334 g/mol. The largest absolute Gasteiger partial charge is 0.338 e. The molecule has 25 heavy (non-hydrogen) atoms. The summed E-state index contributed by atoms with van der Waals surface area (Å²) < 4.78 is 0. The molecule has 2 aliphatic heterocycles. The van der Waals surface area contributed by atoms with Gasteiger partial charge in [-0.1, -0.05) is 42.5 Å². The van der Waals surface area contributed by atoms with E-state index in [1.54, 1.807) is 4.90 Å². The predicted molar refractivity (Wildman–Crippen MR) is 97.2 cm³/mol. The Morgan fingerprint density at radius 1 is 1.04 bits per heavy atom. The highest BCUT2D eigenvalue weighted by molar-refractivity contribution is 6.00. The van der Waals surface area contributed by atoms with Crippen LogP contribution in [0.25, 0.3) is 0 Å². The van der Waals surface area contributed by atoms with E-state index in [0.717, 1.165) is 24.2 Å². The number of carbonyl (C=O) groups is 2. The van der Waals surface area contributed by atoms with Gasteiger partial charge in [-0.3, -0.25) is 9.59 Å². The van der Waals surface area contributed by atoms with Crippen molar-refractivity contribution in [3.05, 3.63) is 65.2 Å². The lowest BCUT2D eigenvalue weighted by molar-refractivity contribution is -0.136. The van der Waals surface area contributed by atoms with Gasteiger partial charge in [0.25, 0.3) is 0 Å². The zero-order valence-electron chi connectivity index (χ0n) is 14.4. The van der Waals surface area contributed by atoms with E-state index in [9.17, 15) is 9.59 Å². The van der Waals surface area contributed by atoms with Gasteiger partial charge in [-0.25, -0.2) is 0 Å². The molecule has 0 spiro atoms. The molecule has 0 radical (unpaired) electrons. The minimum absolute atomic E-state index is 0.0464. The number of anilines is 1. The first-order chi connectivity index (χ1) is 12.1. The molecule has 128 valence electrons. The molecule has 1 saturated heterocycles. The molecule has 2 aromatic rings. The molecule has 1 unspecified atom stereocenters. The van der Waals surface area contributed by atoms with Crippen molar-refractivity contribution in [2.75, 3.05) is 18.0 Å². The lowest BCUT2D eigenvalue weighted by Crippen LogP contribution is -2.40. The molecule has 0 N–H and O–H groups in total. The molecule has 2 aliphatic rings. The molecule has 0 aromatic heterocycles. The number of benzene rings is 2. The Hall–Kier alpha value is -2.62. The van der Waals surface area contributed by atoms with Crippen LogP contribution in [0, 0.1) is 12.8 Å². The standard InChI is InChI=1S/C21H22N2O2/c1-15-6-2-5-9-19(15)23-14-18(12-20(23)24)21(25)22-11-10-16-7-3-4-8-17(16)13-22/h2-9,18H,10-14H2,1H3. The fourth-order valence-electron chi connectivity index (χ4n) is 3.91. The van der Waals surface area contributed by atoms with Gasteiger partial charge < -0.3 is 9.80 Å². The lowest BCUT2D eigenvalue weighted by Gasteiger charge is -2.30. The van der Waals surface area contributed by atoms with Gasteiger partial charge >= 0.3 is 0 Å². The van der Waals surface area contributed by atoms with E-state index in [2.05, 4.69) is 12.1 Å². The van der Waals surface area contributed by atoms with Gasteiger partial charge in [-0.2, -0.15) is 0 Å². The minimum atomic E-state index is -0.239. The van der Waals surface area contributed by atoms with Crippen LogP contribution in [0.3, 0.4) is 0 Å². The van der Waals surface area contributed by atoms with Gasteiger partial charge in [0.15, 0.2) is 0 Å². The highest BCUT2D eigenvalue weighted by Crippen LogP contribution is 2.30. The van der Waals surface area contributed by atoms with E-state index >= 15 is 0 Å². The van der Waals surface area contributed by atoms with Crippen LogP contribution in [0.1, 0.15) is 23.1 Å². The first-order valence-corrected chi connectivity index (χ1v) is 8.85. The predicted octanol–water partition coefficient (Wildman–Crippen LogP) is 2.93. The van der Waals surface area contributed by atoms with Crippen LogP contribution in [-0.4, -0.2) is 29.8 Å². The summed E-state index contributed by atoms with van der Waals surface area (Å²) in [5.41, 5.74) is 4.54. The third kappa shape index (κ3) is 2.93. The molecular formula is C21H22N2O2. The number of amides is 2. The Kier molecular flexibility index (Phi) is 4.04. The number of hydrogen-bond donors (Lipinski definition) is 0. The fraction of sp³-hybridized carbons (Fsp3) is 0.333. The number of nitrogens with zero attached hydrogens (tertiary/aromatic N) is 2. The van der Waals surface area contributed by atoms with Gasteiger partial charge in [0, 0.05) is 31.7 Å². The van der Waals surface area contributed by atoms with Crippen molar-refractivity contribution >= 4 is 17.5 Å². The summed E-state index contributed by atoms with van der Waals surface area (Å²) in [7, 11) is 0. The second-order valence-corrected chi connectivity index (χ2v) is 6.97. The number of aryl methyl sites for hydroxylation is 1. The van der Waals surface area contributed by atoms with Crippen LogP contribution in [0.15, 0.2) is 48.5 Å². The summed E-state index contributed by atoms with van der Waals surface area (Å²) in [5.74, 6) is -0.0821. The van der Waals surface area contributed by atoms with Crippen molar-refractivity contribution in [2.45, 2.75) is 26.3 Å². The van der Waals surface area contributed by atoms with Crippen LogP contribution in [-0.2, 0) is 22.6 Å². The first kappa shape index (κ1) is 15.9. The van der Waals surface area contributed by atoms with E-state index in [1.807, 2.05) is 48.2 Å². The first-order valence-electron chi connectivity index (χ1n) is 8.85. The molecule has 4 rings (SSSR count). The normalized spacial score (nSPS) is 19.9. The monoisotopic (exact) mass is 334 g/mol. The van der Waals surface area contributed by atoms with Crippen LogP contribution in [0.2, 0.25) is 0 Å². The number of fused-ring (bicyclic) bond motifs is 1. The minimum Gasteiger partial charge on any atom is -0.338 e. The Bertz CT molecular complexity index is 830. The highest BCUT2D eigenvalue weighted by atomic mass is 16.2. The molecule has 1 fully saturated rings. The molecule has 2 heterocycles. The second-order valence-electron chi connectivity index (χ2n) is 6.97. The van der Waals surface area contributed by atoms with Crippen LogP contribution in [0.5, 0.6) is 0 Å². The van der Waals surface area contributed by atoms with Crippen molar-refractivity contribution < 1.29 is 9.59 Å². The van der Waals surface area contributed by atoms with Crippen molar-refractivity contribution in [3.63, 3.8) is 0 Å². The van der Waals surface area contributed by atoms with E-state index in [4.69, 9.17) is 0 Å². The van der Waals surface area contributed by atoms with Gasteiger partial charge in [-0.05, 0) is 36.1 Å². The van der Waals surface area contributed by atoms with Gasteiger partial charge in [0.05, 0.1) is 5.92 Å². The summed E-state index contributed by atoms with van der Waals surface area (Å²) in [6.45, 7) is 3.88. The molecule has 4 heteroatoms. The molecule has 4 nitrogen and oxygen atoms in total. The SMILES string of the molecule is Cc1ccccc1N1CC(C(=O)N2CCc3ccccc3C2)CC1=O. The number of carbonyl (C=O) groups excluding carboxylic acids is 2. The Labute approximate surface area is 148 Å². The summed E-state index contributed by atoms with van der Waals surface area (Å²) in [4.78, 5) is 29.1. The zero-order valence-corrected chi connectivity index (χ0v) is 14.4. The molecule has 2 amide bonds. The van der Waals surface area contributed by atoms with Crippen molar-refractivity contribution in [2.24, 2.45) is 5.92 Å². The third-order valence-electron chi connectivity index (χ3n) is 5.32. The van der Waals surface area contributed by atoms with Crippen LogP contribution < -0.4 is 4.90 Å². The molecule has 0 bridgehead atoms. The van der Waals surface area contributed by atoms with Gasteiger partial charge in [-0.15, -0.1) is 0 Å². The summed E-state index contributed by atoms with van der Waals surface area (Å²) >= 11 is 0. The van der Waals surface area contributed by atoms with Crippen molar-refractivity contribution in [3.8, 4) is 0 Å². The Morgan fingerprint density at radius 2 is 1.76 bits per heavy atom. The van der Waals surface area contributed by atoms with Gasteiger partial charge in [0.2, 0.25) is 11.8 Å². The number of para-hydroxylation sites is 1. The summed E-state index contributed by atoms with van der Waals surface area (Å²) in [5, 5.41) is 0. The summed E-state index contributed by atoms with van der Waals surface area (Å²) in [6.07, 6.45) is 1.20. The second kappa shape index (κ2) is 6.36. The molecular weight excluding hydrogens is 312 g/mol. The number of hydrogen-bond acceptors (Lipinski definition) is 2. The van der Waals surface area contributed by atoms with Crippen LogP contribution in [0.4, 0.5) is 5.69 Å². The lowest BCUT2D eigenvalue weighted by atomic mass is 9.98. The maximum Gasteiger partial charge on any atom is 0.228 e. The van der Waals surface area contributed by atoms with E-state index in [0.29, 0.717) is 19.5 Å². The Balaban J connectivity index is 1.49. The average Bonchev–Trinajstić information content (AvgIpc) is 3.02. The summed E-state index contributed by atoms with van der Waals surface area (Å²) in [6, 6.07) is 16.2. The molecule has 2 aromatic carbocycles. The van der Waals surface area contributed by atoms with Crippen molar-refractivity contribution in [1.82, 2.24) is 4.90 Å². The zero-order chi connectivity index (χ0) is 17.4. The maximum atomic E-state index is 13.0. The highest BCUT2D eigenvalue weighted by Gasteiger charge is 2.38. The van der Waals surface area contributed by atoms with Crippen molar-refractivity contribution in [1.29, 1.82) is 0 Å². The molecule has 0 aliphatic carbocycles.